The quantitative estimate of drug-likeness (QED) is 0.797. The van der Waals surface area contributed by atoms with Crippen LogP contribution in [-0.4, -0.2) is 59.4 Å². The lowest BCUT2D eigenvalue weighted by Crippen LogP contribution is -2.42. The van der Waals surface area contributed by atoms with Gasteiger partial charge >= 0.3 is 0 Å². The van der Waals surface area contributed by atoms with Crippen molar-refractivity contribution in [1.29, 1.82) is 0 Å². The molecule has 1 aliphatic rings. The molecule has 0 N–H and O–H groups in total. The van der Waals surface area contributed by atoms with Crippen molar-refractivity contribution in [2.24, 2.45) is 7.05 Å². The molecule has 1 aliphatic heterocycles. The highest BCUT2D eigenvalue weighted by atomic mass is 16.1. The Balaban J connectivity index is 2.11. The molecule has 0 saturated carbocycles. The highest BCUT2D eigenvalue weighted by Gasteiger charge is 2.25. The van der Waals surface area contributed by atoms with Crippen LogP contribution in [0.25, 0.3) is 0 Å². The molecule has 0 radical (unpaired) electrons. The number of Topliss-reactive ketones (excluding diaryl/α,β-unsaturated/α-hetero) is 1. The molecule has 4 heteroatoms. The number of rotatable bonds is 4. The summed E-state index contributed by atoms with van der Waals surface area (Å²) >= 11 is 0. The maximum absolute atomic E-state index is 12.7. The number of hydrogen-bond donors (Lipinski definition) is 0. The summed E-state index contributed by atoms with van der Waals surface area (Å²) in [7, 11) is 4.20. The molecule has 1 aromatic rings. The maximum atomic E-state index is 12.7. The average molecular weight is 291 g/mol. The number of aromatic nitrogens is 1. The molecule has 2 heterocycles. The minimum absolute atomic E-state index is 0.263. The monoisotopic (exact) mass is 291 g/mol. The molecule has 1 aromatic heterocycles. The molecule has 1 saturated heterocycles. The summed E-state index contributed by atoms with van der Waals surface area (Å²) in [6.07, 6.45) is 2.25. The molecule has 0 aliphatic carbocycles. The average Bonchev–Trinajstić information content (AvgIpc) is 2.63. The summed E-state index contributed by atoms with van der Waals surface area (Å²) in [5, 5.41) is 0. The van der Waals surface area contributed by atoms with E-state index in [9.17, 15) is 4.79 Å². The second kappa shape index (κ2) is 6.75. The van der Waals surface area contributed by atoms with Crippen LogP contribution in [0.1, 0.15) is 41.5 Å². The molecule has 0 aromatic carbocycles. The van der Waals surface area contributed by atoms with Crippen LogP contribution in [0.3, 0.4) is 0 Å². The SMILES string of the molecule is CCC1CN(C)CCCN1CC(=O)c1cc(C)n(C)c1C. The smallest absolute Gasteiger partial charge is 0.178 e. The lowest BCUT2D eigenvalue weighted by molar-refractivity contribution is 0.0887. The predicted octanol–water partition coefficient (Wildman–Crippen LogP) is 2.24. The van der Waals surface area contributed by atoms with E-state index in [1.54, 1.807) is 0 Å². The van der Waals surface area contributed by atoms with Crippen molar-refractivity contribution in [1.82, 2.24) is 14.4 Å². The minimum atomic E-state index is 0.263. The van der Waals surface area contributed by atoms with Crippen LogP contribution in [0, 0.1) is 13.8 Å². The number of likely N-dealkylation sites (N-methyl/N-ethyl adjacent to an activating group) is 1. The van der Waals surface area contributed by atoms with Crippen molar-refractivity contribution in [3.63, 3.8) is 0 Å². The van der Waals surface area contributed by atoms with Crippen LogP contribution in [-0.2, 0) is 7.05 Å². The van der Waals surface area contributed by atoms with Crippen LogP contribution in [0.2, 0.25) is 0 Å². The van der Waals surface area contributed by atoms with Gasteiger partial charge in [0.25, 0.3) is 0 Å². The summed E-state index contributed by atoms with van der Waals surface area (Å²) in [5.74, 6) is 0.263. The number of carbonyl (C=O) groups is 1. The molecule has 2 rings (SSSR count). The highest BCUT2D eigenvalue weighted by Crippen LogP contribution is 2.17. The fourth-order valence-corrected chi connectivity index (χ4v) is 3.30. The van der Waals surface area contributed by atoms with Gasteiger partial charge in [-0.2, -0.15) is 0 Å². The molecule has 1 atom stereocenters. The van der Waals surface area contributed by atoms with Crippen LogP contribution in [0.4, 0.5) is 0 Å². The van der Waals surface area contributed by atoms with Crippen molar-refractivity contribution < 1.29 is 4.79 Å². The van der Waals surface area contributed by atoms with E-state index >= 15 is 0 Å². The van der Waals surface area contributed by atoms with Crippen molar-refractivity contribution in [3.05, 3.63) is 23.0 Å². The summed E-state index contributed by atoms with van der Waals surface area (Å²) in [6.45, 7) is 10.1. The van der Waals surface area contributed by atoms with E-state index in [-0.39, 0.29) is 5.78 Å². The van der Waals surface area contributed by atoms with Gasteiger partial charge in [0.2, 0.25) is 0 Å². The predicted molar refractivity (Wildman–Crippen MR) is 87.0 cm³/mol. The summed E-state index contributed by atoms with van der Waals surface area (Å²) in [6, 6.07) is 2.52. The van der Waals surface area contributed by atoms with Gasteiger partial charge in [-0.05, 0) is 46.3 Å². The molecule has 4 nitrogen and oxygen atoms in total. The number of carbonyl (C=O) groups excluding carboxylic acids is 1. The van der Waals surface area contributed by atoms with E-state index in [2.05, 4.69) is 35.3 Å². The first-order valence-electron chi connectivity index (χ1n) is 8.02. The van der Waals surface area contributed by atoms with Gasteiger partial charge in [-0.25, -0.2) is 0 Å². The van der Waals surface area contributed by atoms with Crippen LogP contribution < -0.4 is 0 Å². The number of hydrogen-bond acceptors (Lipinski definition) is 3. The molecule has 118 valence electrons. The van der Waals surface area contributed by atoms with Gasteiger partial charge in [-0.1, -0.05) is 6.92 Å². The summed E-state index contributed by atoms with van der Waals surface area (Å²) < 4.78 is 2.10. The molecular weight excluding hydrogens is 262 g/mol. The Bertz CT molecular complexity index is 506. The van der Waals surface area contributed by atoms with Crippen LogP contribution in [0.15, 0.2) is 6.07 Å². The molecule has 1 fully saturated rings. The van der Waals surface area contributed by atoms with Crippen LogP contribution in [0.5, 0.6) is 0 Å². The molecular formula is C17H29N3O. The lowest BCUT2D eigenvalue weighted by atomic mass is 10.1. The standard InChI is InChI=1S/C17H29N3O/c1-6-15-11-18(4)8-7-9-20(15)12-17(21)16-10-13(2)19(5)14(16)3/h10,15H,6-9,11-12H2,1-5H3. The van der Waals surface area contributed by atoms with Crippen molar-refractivity contribution >= 4 is 5.78 Å². The van der Waals surface area contributed by atoms with Crippen molar-refractivity contribution in [3.8, 4) is 0 Å². The highest BCUT2D eigenvalue weighted by molar-refractivity contribution is 5.99. The Morgan fingerprint density at radius 2 is 2.00 bits per heavy atom. The largest absolute Gasteiger partial charge is 0.351 e. The second-order valence-corrected chi connectivity index (χ2v) is 6.42. The first-order chi connectivity index (χ1) is 9.93. The molecule has 1 unspecified atom stereocenters. The normalized spacial score (nSPS) is 21.5. The number of aryl methyl sites for hydroxylation is 1. The van der Waals surface area contributed by atoms with E-state index in [1.165, 1.54) is 0 Å². The Hall–Kier alpha value is -1.13. The summed E-state index contributed by atoms with van der Waals surface area (Å²) in [5.41, 5.74) is 3.12. The Morgan fingerprint density at radius 3 is 2.57 bits per heavy atom. The van der Waals surface area contributed by atoms with Gasteiger partial charge in [0, 0.05) is 43.1 Å². The molecule has 21 heavy (non-hydrogen) atoms. The molecule has 0 spiro atoms. The van der Waals surface area contributed by atoms with Crippen molar-refractivity contribution in [2.45, 2.75) is 39.7 Å². The fourth-order valence-electron chi connectivity index (χ4n) is 3.30. The van der Waals surface area contributed by atoms with E-state index < -0.39 is 0 Å². The molecule has 0 amide bonds. The first-order valence-corrected chi connectivity index (χ1v) is 8.02. The zero-order valence-electron chi connectivity index (χ0n) is 14.1. The zero-order chi connectivity index (χ0) is 15.6. The second-order valence-electron chi connectivity index (χ2n) is 6.42. The number of nitrogens with zero attached hydrogens (tertiary/aromatic N) is 3. The third-order valence-electron chi connectivity index (χ3n) is 4.92. The van der Waals surface area contributed by atoms with Gasteiger partial charge < -0.3 is 9.47 Å². The Kier molecular flexibility index (Phi) is 5.22. The minimum Gasteiger partial charge on any atom is -0.351 e. The third-order valence-corrected chi connectivity index (χ3v) is 4.92. The van der Waals surface area contributed by atoms with Gasteiger partial charge in [0.05, 0.1) is 6.54 Å². The summed E-state index contributed by atoms with van der Waals surface area (Å²) in [4.78, 5) is 17.5. The third kappa shape index (κ3) is 3.55. The fraction of sp³-hybridized carbons (Fsp3) is 0.706. The zero-order valence-corrected chi connectivity index (χ0v) is 14.1. The van der Waals surface area contributed by atoms with Crippen molar-refractivity contribution in [2.75, 3.05) is 33.2 Å². The lowest BCUT2D eigenvalue weighted by Gasteiger charge is -2.29. The first kappa shape index (κ1) is 16.2. The number of ketones is 1. The Labute approximate surface area is 128 Å². The van der Waals surface area contributed by atoms with E-state index in [1.807, 2.05) is 20.0 Å². The van der Waals surface area contributed by atoms with Gasteiger partial charge in [-0.15, -0.1) is 0 Å². The van der Waals surface area contributed by atoms with E-state index in [0.29, 0.717) is 12.6 Å². The van der Waals surface area contributed by atoms with E-state index in [4.69, 9.17) is 0 Å². The van der Waals surface area contributed by atoms with Gasteiger partial charge in [-0.3, -0.25) is 9.69 Å². The van der Waals surface area contributed by atoms with Crippen LogP contribution >= 0.6 is 0 Å². The van der Waals surface area contributed by atoms with Gasteiger partial charge in [0.1, 0.15) is 0 Å². The Morgan fingerprint density at radius 1 is 1.29 bits per heavy atom. The van der Waals surface area contributed by atoms with E-state index in [0.717, 1.165) is 49.4 Å². The topological polar surface area (TPSA) is 28.5 Å². The maximum Gasteiger partial charge on any atom is 0.178 e. The van der Waals surface area contributed by atoms with Gasteiger partial charge in [0.15, 0.2) is 5.78 Å². The molecule has 0 bridgehead atoms.